The predicted octanol–water partition coefficient (Wildman–Crippen LogP) is 4.58. The van der Waals surface area contributed by atoms with Crippen LogP contribution in [0.3, 0.4) is 0 Å². The van der Waals surface area contributed by atoms with E-state index in [4.69, 9.17) is 0 Å². The topological polar surface area (TPSA) is 12.0 Å². The van der Waals surface area contributed by atoms with Crippen molar-refractivity contribution in [3.05, 3.63) is 47.0 Å². The molecular formula is C16H22F3N. The van der Waals surface area contributed by atoms with Gasteiger partial charge in [0.2, 0.25) is 0 Å². The van der Waals surface area contributed by atoms with Gasteiger partial charge in [-0.2, -0.15) is 13.2 Å². The molecule has 1 rings (SSSR count). The van der Waals surface area contributed by atoms with Gasteiger partial charge in [-0.15, -0.1) is 0 Å². The number of rotatable bonds is 6. The van der Waals surface area contributed by atoms with E-state index in [1.165, 1.54) is 12.1 Å². The van der Waals surface area contributed by atoms with E-state index in [1.807, 2.05) is 6.92 Å². The van der Waals surface area contributed by atoms with Gasteiger partial charge in [0.15, 0.2) is 0 Å². The summed E-state index contributed by atoms with van der Waals surface area (Å²) in [7, 11) is 0. The Hall–Kier alpha value is -1.29. The van der Waals surface area contributed by atoms with Gasteiger partial charge in [0.05, 0.1) is 5.56 Å². The fourth-order valence-electron chi connectivity index (χ4n) is 1.94. The van der Waals surface area contributed by atoms with Crippen molar-refractivity contribution < 1.29 is 13.2 Å². The highest BCUT2D eigenvalue weighted by Crippen LogP contribution is 2.29. The van der Waals surface area contributed by atoms with Crippen LogP contribution >= 0.6 is 0 Å². The van der Waals surface area contributed by atoms with Gasteiger partial charge in [0, 0.05) is 6.04 Å². The number of allylic oxidation sites excluding steroid dienone is 1. The van der Waals surface area contributed by atoms with E-state index in [0.29, 0.717) is 18.0 Å². The summed E-state index contributed by atoms with van der Waals surface area (Å²) in [6, 6.07) is 5.98. The SMILES string of the molecule is CC(=CCCNC(C)C)Cc1cccc(C(F)(F)F)c1. The first kappa shape index (κ1) is 16.8. The lowest BCUT2D eigenvalue weighted by atomic mass is 10.0. The predicted molar refractivity (Wildman–Crippen MR) is 76.7 cm³/mol. The third-order valence-electron chi connectivity index (χ3n) is 2.93. The van der Waals surface area contributed by atoms with E-state index in [1.54, 1.807) is 6.07 Å². The second kappa shape index (κ2) is 7.48. The smallest absolute Gasteiger partial charge is 0.314 e. The molecule has 0 amide bonds. The Bertz CT molecular complexity index is 447. The van der Waals surface area contributed by atoms with Crippen LogP contribution in [0.2, 0.25) is 0 Å². The first-order valence-electron chi connectivity index (χ1n) is 6.84. The maximum Gasteiger partial charge on any atom is 0.416 e. The van der Waals surface area contributed by atoms with Crippen LogP contribution in [-0.2, 0) is 12.6 Å². The number of hydrogen-bond donors (Lipinski definition) is 1. The Labute approximate surface area is 118 Å². The zero-order chi connectivity index (χ0) is 15.2. The van der Waals surface area contributed by atoms with Gasteiger partial charge >= 0.3 is 6.18 Å². The van der Waals surface area contributed by atoms with Crippen molar-refractivity contribution in [1.29, 1.82) is 0 Å². The van der Waals surface area contributed by atoms with Gasteiger partial charge in [0.25, 0.3) is 0 Å². The van der Waals surface area contributed by atoms with Gasteiger partial charge < -0.3 is 5.32 Å². The van der Waals surface area contributed by atoms with E-state index in [2.05, 4.69) is 25.2 Å². The van der Waals surface area contributed by atoms with E-state index in [0.717, 1.165) is 24.6 Å². The molecule has 0 atom stereocenters. The molecule has 1 nitrogen and oxygen atoms in total. The number of alkyl halides is 3. The molecule has 1 aromatic carbocycles. The Balaban J connectivity index is 2.57. The molecule has 0 unspecified atom stereocenters. The lowest BCUT2D eigenvalue weighted by Crippen LogP contribution is -2.23. The minimum Gasteiger partial charge on any atom is -0.314 e. The molecule has 0 fully saturated rings. The summed E-state index contributed by atoms with van der Waals surface area (Å²) < 4.78 is 37.8. The molecule has 4 heteroatoms. The first-order valence-corrected chi connectivity index (χ1v) is 6.84. The van der Waals surface area contributed by atoms with E-state index in [9.17, 15) is 13.2 Å². The van der Waals surface area contributed by atoms with E-state index < -0.39 is 11.7 Å². The molecule has 0 heterocycles. The molecule has 0 spiro atoms. The van der Waals surface area contributed by atoms with Crippen molar-refractivity contribution in [2.24, 2.45) is 0 Å². The molecule has 0 saturated carbocycles. The Morgan fingerprint density at radius 1 is 1.30 bits per heavy atom. The third kappa shape index (κ3) is 6.24. The Kier molecular flexibility index (Phi) is 6.27. The van der Waals surface area contributed by atoms with E-state index >= 15 is 0 Å². The maximum absolute atomic E-state index is 12.6. The van der Waals surface area contributed by atoms with Crippen LogP contribution in [-0.4, -0.2) is 12.6 Å². The zero-order valence-electron chi connectivity index (χ0n) is 12.2. The minimum atomic E-state index is -4.27. The fraction of sp³-hybridized carbons (Fsp3) is 0.500. The molecule has 0 aromatic heterocycles. The normalized spacial score (nSPS) is 13.1. The lowest BCUT2D eigenvalue weighted by Gasteiger charge is -2.09. The molecule has 20 heavy (non-hydrogen) atoms. The molecule has 0 radical (unpaired) electrons. The van der Waals surface area contributed by atoms with Crippen molar-refractivity contribution in [3.63, 3.8) is 0 Å². The van der Waals surface area contributed by atoms with Gasteiger partial charge in [-0.05, 0) is 37.9 Å². The number of hydrogen-bond acceptors (Lipinski definition) is 1. The number of nitrogens with one attached hydrogen (secondary N) is 1. The quantitative estimate of drug-likeness (QED) is 0.596. The van der Waals surface area contributed by atoms with Gasteiger partial charge in [-0.3, -0.25) is 0 Å². The molecule has 0 aliphatic rings. The average Bonchev–Trinajstić information content (AvgIpc) is 2.34. The molecular weight excluding hydrogens is 263 g/mol. The van der Waals surface area contributed by atoms with Crippen LogP contribution < -0.4 is 5.32 Å². The Morgan fingerprint density at radius 3 is 2.60 bits per heavy atom. The molecule has 0 saturated heterocycles. The molecule has 112 valence electrons. The standard InChI is InChI=1S/C16H22F3N/c1-12(2)20-9-5-6-13(3)10-14-7-4-8-15(11-14)16(17,18)19/h4,6-8,11-12,20H,5,9-10H2,1-3H3. The molecule has 0 aliphatic heterocycles. The van der Waals surface area contributed by atoms with Crippen LogP contribution in [0.25, 0.3) is 0 Å². The van der Waals surface area contributed by atoms with Crippen molar-refractivity contribution >= 4 is 0 Å². The van der Waals surface area contributed by atoms with Gasteiger partial charge in [-0.1, -0.05) is 43.7 Å². The second-order valence-electron chi connectivity index (χ2n) is 5.32. The zero-order valence-corrected chi connectivity index (χ0v) is 12.2. The highest BCUT2D eigenvalue weighted by atomic mass is 19.4. The Morgan fingerprint density at radius 2 is 2.00 bits per heavy atom. The van der Waals surface area contributed by atoms with Crippen LogP contribution in [0.1, 0.15) is 38.3 Å². The molecule has 1 N–H and O–H groups in total. The largest absolute Gasteiger partial charge is 0.416 e. The number of benzene rings is 1. The van der Waals surface area contributed by atoms with Gasteiger partial charge in [0.1, 0.15) is 0 Å². The monoisotopic (exact) mass is 285 g/mol. The highest BCUT2D eigenvalue weighted by Gasteiger charge is 2.30. The van der Waals surface area contributed by atoms with Crippen molar-refractivity contribution in [2.75, 3.05) is 6.54 Å². The van der Waals surface area contributed by atoms with Crippen LogP contribution in [0.5, 0.6) is 0 Å². The summed E-state index contributed by atoms with van der Waals surface area (Å²) in [6.07, 6.45) is -0.737. The van der Waals surface area contributed by atoms with Crippen molar-refractivity contribution in [1.82, 2.24) is 5.32 Å². The minimum absolute atomic E-state index is 0.451. The first-order chi connectivity index (χ1) is 9.29. The fourth-order valence-corrected chi connectivity index (χ4v) is 1.94. The second-order valence-corrected chi connectivity index (χ2v) is 5.32. The van der Waals surface area contributed by atoms with Gasteiger partial charge in [-0.25, -0.2) is 0 Å². The van der Waals surface area contributed by atoms with E-state index in [-0.39, 0.29) is 0 Å². The van der Waals surface area contributed by atoms with Crippen molar-refractivity contribution in [2.45, 2.75) is 45.8 Å². The van der Waals surface area contributed by atoms with Crippen LogP contribution in [0.4, 0.5) is 13.2 Å². The molecule has 0 aliphatic carbocycles. The summed E-state index contributed by atoms with van der Waals surface area (Å²) in [5.41, 5.74) is 1.21. The maximum atomic E-state index is 12.6. The third-order valence-corrected chi connectivity index (χ3v) is 2.93. The summed E-state index contributed by atoms with van der Waals surface area (Å²) >= 11 is 0. The molecule has 1 aromatic rings. The lowest BCUT2D eigenvalue weighted by molar-refractivity contribution is -0.137. The summed E-state index contributed by atoms with van der Waals surface area (Å²) in [5.74, 6) is 0. The highest BCUT2D eigenvalue weighted by molar-refractivity contribution is 5.28. The summed E-state index contributed by atoms with van der Waals surface area (Å²) in [5, 5.41) is 3.30. The number of halogens is 3. The van der Waals surface area contributed by atoms with Crippen molar-refractivity contribution in [3.8, 4) is 0 Å². The van der Waals surface area contributed by atoms with Crippen LogP contribution in [0, 0.1) is 0 Å². The molecule has 0 bridgehead atoms. The average molecular weight is 285 g/mol. The van der Waals surface area contributed by atoms with Crippen LogP contribution in [0.15, 0.2) is 35.9 Å². The summed E-state index contributed by atoms with van der Waals surface area (Å²) in [4.78, 5) is 0. The summed E-state index contributed by atoms with van der Waals surface area (Å²) in [6.45, 7) is 7.01.